The van der Waals surface area contributed by atoms with Crippen molar-refractivity contribution < 1.29 is 9.47 Å². The van der Waals surface area contributed by atoms with Gasteiger partial charge in [0, 0.05) is 24.2 Å². The number of ether oxygens (including phenoxy) is 2. The third kappa shape index (κ3) is 4.40. The number of hydrogen-bond acceptors (Lipinski definition) is 7. The second-order valence-electron chi connectivity index (χ2n) is 8.21. The van der Waals surface area contributed by atoms with Gasteiger partial charge in [-0.25, -0.2) is 9.97 Å². The summed E-state index contributed by atoms with van der Waals surface area (Å²) in [4.78, 5) is 13.3. The Morgan fingerprint density at radius 1 is 1.06 bits per heavy atom. The Kier molecular flexibility index (Phi) is 5.68. The molecule has 1 atom stereocenters. The normalized spacial score (nSPS) is 16.4. The summed E-state index contributed by atoms with van der Waals surface area (Å²) in [5.41, 5.74) is 4.42. The molecule has 8 heteroatoms. The van der Waals surface area contributed by atoms with Gasteiger partial charge in [0.1, 0.15) is 17.5 Å². The Labute approximate surface area is 186 Å². The van der Waals surface area contributed by atoms with E-state index in [4.69, 9.17) is 9.47 Å². The zero-order valence-corrected chi connectivity index (χ0v) is 18.2. The Morgan fingerprint density at radius 2 is 1.97 bits per heavy atom. The van der Waals surface area contributed by atoms with Crippen molar-refractivity contribution in [3.63, 3.8) is 0 Å². The molecule has 1 fully saturated rings. The molecule has 0 unspecified atom stereocenters. The number of H-pyrrole nitrogens is 1. The minimum Gasteiger partial charge on any atom is -0.475 e. The average molecular weight is 431 g/mol. The van der Waals surface area contributed by atoms with Crippen LogP contribution in [0, 0.1) is 0 Å². The molecule has 0 saturated carbocycles. The number of pyridine rings is 1. The summed E-state index contributed by atoms with van der Waals surface area (Å²) in [6, 6.07) is 10.1. The van der Waals surface area contributed by atoms with Gasteiger partial charge in [-0.3, -0.25) is 10.1 Å². The van der Waals surface area contributed by atoms with Crippen molar-refractivity contribution in [2.75, 3.05) is 13.1 Å². The zero-order valence-electron chi connectivity index (χ0n) is 18.2. The fourth-order valence-electron chi connectivity index (χ4n) is 3.89. The molecule has 8 nitrogen and oxygen atoms in total. The first kappa shape index (κ1) is 20.4. The molecule has 5 rings (SSSR count). The topological polar surface area (TPSA) is 97.8 Å². The molecular formula is C24H26N6O2. The Hall–Kier alpha value is -3.52. The number of nitrogens with zero attached hydrogens (tertiary/aromatic N) is 4. The van der Waals surface area contributed by atoms with Crippen LogP contribution in [-0.4, -0.2) is 50.4 Å². The summed E-state index contributed by atoms with van der Waals surface area (Å²) in [6.45, 7) is 5.84. The molecule has 0 spiro atoms. The average Bonchev–Trinajstić information content (AvgIpc) is 3.23. The molecule has 3 aromatic heterocycles. The number of nitrogens with one attached hydrogen (secondary N) is 2. The van der Waals surface area contributed by atoms with Gasteiger partial charge in [0.15, 0.2) is 0 Å². The Bertz CT molecular complexity index is 1220. The molecular weight excluding hydrogens is 404 g/mol. The number of hydrogen-bond donors (Lipinski definition) is 2. The summed E-state index contributed by atoms with van der Waals surface area (Å²) in [5.74, 6) is 1.13. The van der Waals surface area contributed by atoms with Gasteiger partial charge in [0.05, 0.1) is 24.0 Å². The van der Waals surface area contributed by atoms with Crippen molar-refractivity contribution in [2.45, 2.75) is 38.9 Å². The lowest BCUT2D eigenvalue weighted by Gasteiger charge is -2.23. The van der Waals surface area contributed by atoms with E-state index in [0.717, 1.165) is 53.7 Å². The van der Waals surface area contributed by atoms with Crippen molar-refractivity contribution in [2.24, 2.45) is 0 Å². The van der Waals surface area contributed by atoms with Gasteiger partial charge < -0.3 is 14.8 Å². The summed E-state index contributed by atoms with van der Waals surface area (Å²) in [5, 5.41) is 11.9. The SMILES string of the molecule is CC(C)Oc1cc(-c2ccc3[nH]nc(-c4cncc(O[C@@H]5CCCNC5)n4)c3c2)ccn1. The first-order valence-electron chi connectivity index (χ1n) is 11.0. The quantitative estimate of drug-likeness (QED) is 0.477. The molecule has 1 aliphatic rings. The van der Waals surface area contributed by atoms with E-state index in [0.29, 0.717) is 17.5 Å². The van der Waals surface area contributed by atoms with Crippen LogP contribution in [0.15, 0.2) is 48.9 Å². The summed E-state index contributed by atoms with van der Waals surface area (Å²) in [7, 11) is 0. The maximum atomic E-state index is 6.05. The standard InChI is InChI=1S/C24H26N6O2/c1-15(2)31-22-11-17(7-9-27-22)16-5-6-20-19(10-16)24(30-29-20)21-13-26-14-23(28-21)32-18-4-3-8-25-12-18/h5-7,9-11,13-15,18,25H,3-4,8,12H2,1-2H3,(H,29,30)/t18-/m1/s1. The number of piperidine rings is 1. The van der Waals surface area contributed by atoms with E-state index >= 15 is 0 Å². The molecule has 2 N–H and O–H groups in total. The van der Waals surface area contributed by atoms with Gasteiger partial charge in [-0.15, -0.1) is 0 Å². The van der Waals surface area contributed by atoms with Gasteiger partial charge in [0.25, 0.3) is 0 Å². The Morgan fingerprint density at radius 3 is 2.81 bits per heavy atom. The van der Waals surface area contributed by atoms with E-state index in [1.54, 1.807) is 18.6 Å². The van der Waals surface area contributed by atoms with Crippen LogP contribution in [0.25, 0.3) is 33.4 Å². The Balaban J connectivity index is 1.46. The minimum atomic E-state index is 0.0677. The first-order chi connectivity index (χ1) is 15.7. The van der Waals surface area contributed by atoms with Gasteiger partial charge in [0.2, 0.25) is 11.8 Å². The van der Waals surface area contributed by atoms with E-state index in [2.05, 4.69) is 42.6 Å². The van der Waals surface area contributed by atoms with Crippen LogP contribution in [0.1, 0.15) is 26.7 Å². The van der Waals surface area contributed by atoms with Gasteiger partial charge in [-0.05, 0) is 62.6 Å². The van der Waals surface area contributed by atoms with Crippen LogP contribution in [0.5, 0.6) is 11.8 Å². The molecule has 4 aromatic rings. The van der Waals surface area contributed by atoms with Crippen LogP contribution in [0.4, 0.5) is 0 Å². The molecule has 1 saturated heterocycles. The van der Waals surface area contributed by atoms with Gasteiger partial charge in [-0.1, -0.05) is 6.07 Å². The molecule has 0 radical (unpaired) electrons. The summed E-state index contributed by atoms with van der Waals surface area (Å²) in [6.07, 6.45) is 7.44. The highest BCUT2D eigenvalue weighted by atomic mass is 16.5. The molecule has 4 heterocycles. The first-order valence-corrected chi connectivity index (χ1v) is 11.0. The largest absolute Gasteiger partial charge is 0.475 e. The van der Waals surface area contributed by atoms with E-state index in [-0.39, 0.29) is 12.2 Å². The number of benzene rings is 1. The number of rotatable bonds is 6. The lowest BCUT2D eigenvalue weighted by Crippen LogP contribution is -2.37. The molecule has 1 aliphatic heterocycles. The second kappa shape index (κ2) is 8.92. The fourth-order valence-corrected chi connectivity index (χ4v) is 3.89. The molecule has 0 bridgehead atoms. The van der Waals surface area contributed by atoms with Crippen molar-refractivity contribution >= 4 is 10.9 Å². The van der Waals surface area contributed by atoms with E-state index < -0.39 is 0 Å². The van der Waals surface area contributed by atoms with Crippen LogP contribution in [0.2, 0.25) is 0 Å². The summed E-state index contributed by atoms with van der Waals surface area (Å²) < 4.78 is 11.8. The third-order valence-corrected chi connectivity index (χ3v) is 5.38. The molecule has 0 aliphatic carbocycles. The van der Waals surface area contributed by atoms with Crippen molar-refractivity contribution in [1.82, 2.24) is 30.5 Å². The highest BCUT2D eigenvalue weighted by Crippen LogP contribution is 2.31. The fraction of sp³-hybridized carbons (Fsp3) is 0.333. The molecule has 32 heavy (non-hydrogen) atoms. The summed E-state index contributed by atoms with van der Waals surface area (Å²) >= 11 is 0. The molecule has 0 amide bonds. The second-order valence-corrected chi connectivity index (χ2v) is 8.21. The highest BCUT2D eigenvalue weighted by molar-refractivity contribution is 5.94. The van der Waals surface area contributed by atoms with Crippen LogP contribution in [-0.2, 0) is 0 Å². The smallest absolute Gasteiger partial charge is 0.233 e. The number of fused-ring (bicyclic) bond motifs is 1. The number of aromatic nitrogens is 5. The molecule has 1 aromatic carbocycles. The maximum Gasteiger partial charge on any atom is 0.233 e. The highest BCUT2D eigenvalue weighted by Gasteiger charge is 2.17. The maximum absolute atomic E-state index is 6.05. The third-order valence-electron chi connectivity index (χ3n) is 5.38. The number of aromatic amines is 1. The molecule has 164 valence electrons. The monoisotopic (exact) mass is 430 g/mol. The van der Waals surface area contributed by atoms with Crippen molar-refractivity contribution in [1.29, 1.82) is 0 Å². The minimum absolute atomic E-state index is 0.0677. The van der Waals surface area contributed by atoms with E-state index in [1.807, 2.05) is 32.0 Å². The predicted molar refractivity (Wildman–Crippen MR) is 123 cm³/mol. The van der Waals surface area contributed by atoms with E-state index in [1.165, 1.54) is 0 Å². The zero-order chi connectivity index (χ0) is 21.9. The van der Waals surface area contributed by atoms with Crippen LogP contribution < -0.4 is 14.8 Å². The van der Waals surface area contributed by atoms with Crippen LogP contribution in [0.3, 0.4) is 0 Å². The van der Waals surface area contributed by atoms with Gasteiger partial charge in [-0.2, -0.15) is 5.10 Å². The van der Waals surface area contributed by atoms with Gasteiger partial charge >= 0.3 is 0 Å². The van der Waals surface area contributed by atoms with Crippen molar-refractivity contribution in [3.8, 4) is 34.3 Å². The lowest BCUT2D eigenvalue weighted by atomic mass is 10.0. The van der Waals surface area contributed by atoms with Crippen molar-refractivity contribution in [3.05, 3.63) is 48.9 Å². The van der Waals surface area contributed by atoms with Crippen LogP contribution >= 0.6 is 0 Å². The van der Waals surface area contributed by atoms with E-state index in [9.17, 15) is 0 Å². The predicted octanol–water partition coefficient (Wildman–Crippen LogP) is 4.00. The lowest BCUT2D eigenvalue weighted by molar-refractivity contribution is 0.160.